The molecule has 78 valence electrons. The van der Waals surface area contributed by atoms with Gasteiger partial charge in [-0.15, -0.1) is 0 Å². The summed E-state index contributed by atoms with van der Waals surface area (Å²) < 4.78 is 1.45. The van der Waals surface area contributed by atoms with E-state index in [2.05, 4.69) is 4.98 Å². The highest BCUT2D eigenvalue weighted by atomic mass is 15.4. The van der Waals surface area contributed by atoms with Crippen molar-refractivity contribution in [2.75, 3.05) is 11.6 Å². The summed E-state index contributed by atoms with van der Waals surface area (Å²) in [5.41, 5.74) is 7.64. The third kappa shape index (κ3) is 1.54. The third-order valence-electron chi connectivity index (χ3n) is 2.38. The molecule has 1 heterocycles. The predicted molar refractivity (Wildman–Crippen MR) is 61.6 cm³/mol. The first kappa shape index (κ1) is 9.58. The van der Waals surface area contributed by atoms with Crippen LogP contribution in [0.5, 0.6) is 0 Å². The Morgan fingerprint density at radius 3 is 2.47 bits per heavy atom. The van der Waals surface area contributed by atoms with Gasteiger partial charge in [0.05, 0.1) is 0 Å². The Balaban J connectivity index is 2.55. The molecular weight excluding hydrogens is 188 g/mol. The van der Waals surface area contributed by atoms with Crippen LogP contribution in [-0.2, 0) is 6.42 Å². The highest BCUT2D eigenvalue weighted by molar-refractivity contribution is 5.70. The molecule has 4 N–H and O–H groups in total. The van der Waals surface area contributed by atoms with Crippen molar-refractivity contribution in [2.24, 2.45) is 0 Å². The van der Waals surface area contributed by atoms with Crippen LogP contribution in [0.4, 0.5) is 5.82 Å². The van der Waals surface area contributed by atoms with E-state index in [1.54, 1.807) is 0 Å². The van der Waals surface area contributed by atoms with Gasteiger partial charge < -0.3 is 11.6 Å². The van der Waals surface area contributed by atoms with Crippen molar-refractivity contribution in [3.63, 3.8) is 0 Å². The van der Waals surface area contributed by atoms with Crippen LogP contribution in [0.2, 0.25) is 0 Å². The minimum absolute atomic E-state index is 0.512. The second-order valence-electron chi connectivity index (χ2n) is 3.35. The molecule has 0 spiro atoms. The summed E-state index contributed by atoms with van der Waals surface area (Å²) in [6.07, 6.45) is 0.771. The first-order valence-electron chi connectivity index (χ1n) is 4.91. The van der Waals surface area contributed by atoms with Gasteiger partial charge in [0.2, 0.25) is 0 Å². The molecule has 0 aliphatic carbocycles. The predicted octanol–water partition coefficient (Wildman–Crippen LogP) is 1.41. The van der Waals surface area contributed by atoms with E-state index >= 15 is 0 Å². The number of imidazole rings is 1. The van der Waals surface area contributed by atoms with E-state index in [4.69, 9.17) is 11.6 Å². The highest BCUT2D eigenvalue weighted by Crippen LogP contribution is 2.24. The van der Waals surface area contributed by atoms with Gasteiger partial charge in [0, 0.05) is 12.0 Å². The fraction of sp³-hybridized carbons (Fsp3) is 0.182. The van der Waals surface area contributed by atoms with Crippen LogP contribution in [0, 0.1) is 0 Å². The topological polar surface area (TPSA) is 69.9 Å². The van der Waals surface area contributed by atoms with E-state index in [1.807, 2.05) is 37.3 Å². The van der Waals surface area contributed by atoms with Crippen molar-refractivity contribution in [3.05, 3.63) is 36.2 Å². The number of aryl methyl sites for hydroxylation is 1. The van der Waals surface area contributed by atoms with E-state index in [0.29, 0.717) is 5.82 Å². The second-order valence-corrected chi connectivity index (χ2v) is 3.35. The Hall–Kier alpha value is -1.97. The molecule has 0 atom stereocenters. The van der Waals surface area contributed by atoms with Crippen molar-refractivity contribution in [3.8, 4) is 11.3 Å². The first-order valence-corrected chi connectivity index (χ1v) is 4.91. The van der Waals surface area contributed by atoms with E-state index in [9.17, 15) is 0 Å². The monoisotopic (exact) mass is 202 g/mol. The molecule has 4 nitrogen and oxygen atoms in total. The van der Waals surface area contributed by atoms with Crippen molar-refractivity contribution in [1.82, 2.24) is 9.66 Å². The lowest BCUT2D eigenvalue weighted by molar-refractivity contribution is 0.865. The molecule has 0 radical (unpaired) electrons. The number of nitrogens with two attached hydrogens (primary N) is 2. The number of hydrogen-bond donors (Lipinski definition) is 2. The summed E-state index contributed by atoms with van der Waals surface area (Å²) in [4.78, 5) is 4.41. The third-order valence-corrected chi connectivity index (χ3v) is 2.38. The Kier molecular flexibility index (Phi) is 2.33. The number of benzene rings is 1. The van der Waals surface area contributed by atoms with Gasteiger partial charge in [-0.25, -0.2) is 9.66 Å². The van der Waals surface area contributed by atoms with Gasteiger partial charge in [-0.05, 0) is 0 Å². The van der Waals surface area contributed by atoms with E-state index in [0.717, 1.165) is 23.5 Å². The Morgan fingerprint density at radius 2 is 1.93 bits per heavy atom. The van der Waals surface area contributed by atoms with Gasteiger partial charge in [0.1, 0.15) is 11.5 Å². The lowest BCUT2D eigenvalue weighted by Crippen LogP contribution is -2.14. The normalized spacial score (nSPS) is 10.5. The lowest BCUT2D eigenvalue weighted by Gasteiger charge is -1.99. The van der Waals surface area contributed by atoms with Gasteiger partial charge in [0.15, 0.2) is 5.82 Å². The molecule has 1 aromatic heterocycles. The van der Waals surface area contributed by atoms with Crippen LogP contribution >= 0.6 is 0 Å². The maximum Gasteiger partial charge on any atom is 0.150 e. The molecule has 15 heavy (non-hydrogen) atoms. The molecule has 0 aliphatic rings. The van der Waals surface area contributed by atoms with Crippen LogP contribution < -0.4 is 11.6 Å². The van der Waals surface area contributed by atoms with Gasteiger partial charge in [-0.2, -0.15) is 0 Å². The summed E-state index contributed by atoms with van der Waals surface area (Å²) in [5.74, 6) is 7.09. The molecule has 4 heteroatoms. The smallest absolute Gasteiger partial charge is 0.150 e. The SMILES string of the molecule is CCc1nc(-c2ccccc2)c(N)n1N. The average Bonchev–Trinajstić information content (AvgIpc) is 2.57. The van der Waals surface area contributed by atoms with Crippen LogP contribution in [-0.4, -0.2) is 9.66 Å². The van der Waals surface area contributed by atoms with Gasteiger partial charge in [-0.1, -0.05) is 37.3 Å². The molecule has 1 aromatic carbocycles. The average molecular weight is 202 g/mol. The molecule has 0 saturated heterocycles. The highest BCUT2D eigenvalue weighted by Gasteiger charge is 2.12. The molecule has 0 amide bonds. The molecular formula is C11H14N4. The van der Waals surface area contributed by atoms with Gasteiger partial charge in [-0.3, -0.25) is 0 Å². The maximum absolute atomic E-state index is 5.89. The number of nitrogen functional groups attached to an aromatic ring is 2. The number of nitrogens with zero attached hydrogens (tertiary/aromatic N) is 2. The molecule has 0 fully saturated rings. The number of rotatable bonds is 2. The summed E-state index contributed by atoms with van der Waals surface area (Å²) in [5, 5.41) is 0. The molecule has 0 bridgehead atoms. The molecule has 0 unspecified atom stereocenters. The number of aromatic nitrogens is 2. The zero-order chi connectivity index (χ0) is 10.8. The van der Waals surface area contributed by atoms with Gasteiger partial charge in [0.25, 0.3) is 0 Å². The minimum atomic E-state index is 0.512. The van der Waals surface area contributed by atoms with Crippen LogP contribution in [0.3, 0.4) is 0 Å². The van der Waals surface area contributed by atoms with E-state index < -0.39 is 0 Å². The van der Waals surface area contributed by atoms with Crippen molar-refractivity contribution < 1.29 is 0 Å². The fourth-order valence-electron chi connectivity index (χ4n) is 1.55. The molecule has 2 aromatic rings. The second kappa shape index (κ2) is 3.65. The summed E-state index contributed by atoms with van der Waals surface area (Å²) in [7, 11) is 0. The quantitative estimate of drug-likeness (QED) is 0.723. The Labute approximate surface area is 88.5 Å². The van der Waals surface area contributed by atoms with Crippen molar-refractivity contribution in [2.45, 2.75) is 13.3 Å². The molecule has 0 aliphatic heterocycles. The standard InChI is InChI=1S/C11H14N4/c1-2-9-14-10(11(12)15(9)13)8-6-4-3-5-7-8/h3-7H,2,12-13H2,1H3. The first-order chi connectivity index (χ1) is 7.24. The summed E-state index contributed by atoms with van der Waals surface area (Å²) >= 11 is 0. The molecule has 2 rings (SSSR count). The van der Waals surface area contributed by atoms with E-state index in [1.165, 1.54) is 4.68 Å². The zero-order valence-corrected chi connectivity index (χ0v) is 8.64. The summed E-state index contributed by atoms with van der Waals surface area (Å²) in [6, 6.07) is 9.81. The number of hydrogen-bond acceptors (Lipinski definition) is 3. The van der Waals surface area contributed by atoms with Crippen LogP contribution in [0.25, 0.3) is 11.3 Å². The summed E-state index contributed by atoms with van der Waals surface area (Å²) in [6.45, 7) is 2.00. The van der Waals surface area contributed by atoms with Crippen molar-refractivity contribution >= 4 is 5.82 Å². The zero-order valence-electron chi connectivity index (χ0n) is 8.64. The van der Waals surface area contributed by atoms with E-state index in [-0.39, 0.29) is 0 Å². The maximum atomic E-state index is 5.89. The number of anilines is 1. The largest absolute Gasteiger partial charge is 0.382 e. The van der Waals surface area contributed by atoms with Crippen LogP contribution in [0.15, 0.2) is 30.3 Å². The fourth-order valence-corrected chi connectivity index (χ4v) is 1.55. The lowest BCUT2D eigenvalue weighted by atomic mass is 10.1. The Morgan fingerprint density at radius 1 is 1.27 bits per heavy atom. The Bertz CT molecular complexity index is 459. The molecule has 0 saturated carbocycles. The minimum Gasteiger partial charge on any atom is -0.382 e. The van der Waals surface area contributed by atoms with Crippen molar-refractivity contribution in [1.29, 1.82) is 0 Å². The van der Waals surface area contributed by atoms with Gasteiger partial charge >= 0.3 is 0 Å². The van der Waals surface area contributed by atoms with Crippen LogP contribution in [0.1, 0.15) is 12.7 Å².